The standard InChI is InChI=1S/C21H23N8O7PS/c22-21-26-17-15(19(31)27-21)25-8-29(17)20-12-5-10(34-20)3-9-4-14(35-13(9)6-33-37(32,38)36-12)28-2-1-11-16(28)23-7-24-18(11)30/h1-2,7-10,12-14,20H,3-6H2,(H,32,38)(H,23,24,30)(H3,22,26,27,31)/t9?,10?,12-,13-,14-,20-,37?/m1/s1. The van der Waals surface area contributed by atoms with Gasteiger partial charge in [-0.05, 0) is 24.8 Å². The highest BCUT2D eigenvalue weighted by Gasteiger charge is 2.47. The SMILES string of the molecule is Nc1nc2c(ncn2[C@@H]2OC3CC4C[C@H](n5ccc6c(=O)[nH]cnc65)O[C@@H]4COP(=O)(S)O[C@@H]2C3)c(=O)[nH]1. The number of nitrogen functional groups attached to an aromatic ring is 1. The van der Waals surface area contributed by atoms with Crippen molar-refractivity contribution >= 4 is 47.2 Å². The lowest BCUT2D eigenvalue weighted by molar-refractivity contribution is -0.0388. The highest BCUT2D eigenvalue weighted by molar-refractivity contribution is 8.44. The molecule has 0 amide bonds. The molecular formula is C21H23N8O7PS. The summed E-state index contributed by atoms with van der Waals surface area (Å²) < 4.78 is 40.8. The molecule has 0 spiro atoms. The molecule has 15 nitrogen and oxygen atoms in total. The molecule has 4 aromatic heterocycles. The molecule has 7 heterocycles. The number of ether oxygens (including phenoxy) is 2. The van der Waals surface area contributed by atoms with Gasteiger partial charge in [-0.1, -0.05) is 12.2 Å². The van der Waals surface area contributed by atoms with E-state index < -0.39 is 37.0 Å². The van der Waals surface area contributed by atoms with Crippen molar-refractivity contribution in [2.45, 2.75) is 50.0 Å². The number of imidazole rings is 1. The summed E-state index contributed by atoms with van der Waals surface area (Å²) in [5.41, 5.74) is 5.87. The fourth-order valence-electron chi connectivity index (χ4n) is 5.64. The van der Waals surface area contributed by atoms with Gasteiger partial charge in [-0.3, -0.25) is 28.2 Å². The number of nitrogens with zero attached hydrogens (tertiary/aromatic N) is 5. The van der Waals surface area contributed by atoms with Gasteiger partial charge in [0.05, 0.1) is 36.9 Å². The van der Waals surface area contributed by atoms with Crippen LogP contribution in [0.4, 0.5) is 5.95 Å². The van der Waals surface area contributed by atoms with E-state index in [0.29, 0.717) is 30.3 Å². The zero-order valence-corrected chi connectivity index (χ0v) is 21.5. The Morgan fingerprint density at radius 1 is 1.08 bits per heavy atom. The zero-order chi connectivity index (χ0) is 26.2. The van der Waals surface area contributed by atoms with Crippen molar-refractivity contribution in [1.29, 1.82) is 0 Å². The second-order valence-electron chi connectivity index (χ2n) is 9.62. The van der Waals surface area contributed by atoms with E-state index in [9.17, 15) is 14.2 Å². The van der Waals surface area contributed by atoms with Crippen molar-refractivity contribution in [3.63, 3.8) is 0 Å². The molecule has 3 unspecified atom stereocenters. The molecule has 3 aliphatic rings. The normalized spacial score (nSPS) is 33.6. The molecule has 7 atom stereocenters. The van der Waals surface area contributed by atoms with E-state index in [1.54, 1.807) is 16.8 Å². The third-order valence-electron chi connectivity index (χ3n) is 7.29. The van der Waals surface area contributed by atoms with Gasteiger partial charge in [-0.2, -0.15) is 4.98 Å². The van der Waals surface area contributed by atoms with E-state index in [1.165, 1.54) is 12.7 Å². The molecule has 7 rings (SSSR count). The molecule has 0 saturated carbocycles. The number of nitrogens with two attached hydrogens (primary N) is 1. The first-order chi connectivity index (χ1) is 18.3. The van der Waals surface area contributed by atoms with Crippen molar-refractivity contribution < 1.29 is 23.1 Å². The quantitative estimate of drug-likeness (QED) is 0.204. The smallest absolute Gasteiger partial charge is 0.369 e. The van der Waals surface area contributed by atoms with Gasteiger partial charge in [0.2, 0.25) is 5.95 Å². The minimum Gasteiger partial charge on any atom is -0.369 e. The van der Waals surface area contributed by atoms with Crippen molar-refractivity contribution in [3.05, 3.63) is 45.6 Å². The Morgan fingerprint density at radius 2 is 1.95 bits per heavy atom. The van der Waals surface area contributed by atoms with Gasteiger partial charge < -0.3 is 24.8 Å². The largest absolute Gasteiger partial charge is 0.386 e. The number of fused-ring (bicyclic) bond motifs is 5. The van der Waals surface area contributed by atoms with Crippen LogP contribution < -0.4 is 16.9 Å². The molecule has 2 bridgehead atoms. The molecule has 0 aliphatic carbocycles. The van der Waals surface area contributed by atoms with E-state index >= 15 is 0 Å². The number of aromatic amines is 2. The van der Waals surface area contributed by atoms with Gasteiger partial charge >= 0.3 is 6.80 Å². The fourth-order valence-corrected chi connectivity index (χ4v) is 7.13. The third-order valence-corrected chi connectivity index (χ3v) is 8.93. The maximum atomic E-state index is 13.2. The van der Waals surface area contributed by atoms with Crippen LogP contribution in [0, 0.1) is 5.92 Å². The van der Waals surface area contributed by atoms with E-state index in [2.05, 4.69) is 37.2 Å². The molecule has 3 fully saturated rings. The van der Waals surface area contributed by atoms with Crippen molar-refractivity contribution in [2.24, 2.45) is 5.92 Å². The predicted octanol–water partition coefficient (Wildman–Crippen LogP) is 1.47. The van der Waals surface area contributed by atoms with Gasteiger partial charge in [0.1, 0.15) is 18.0 Å². The monoisotopic (exact) mass is 562 g/mol. The molecule has 4 aromatic rings. The number of H-pyrrole nitrogens is 2. The molecule has 0 radical (unpaired) electrons. The second-order valence-corrected chi connectivity index (χ2v) is 12.5. The molecule has 200 valence electrons. The molecule has 3 saturated heterocycles. The van der Waals surface area contributed by atoms with Crippen LogP contribution in [-0.2, 0) is 23.1 Å². The lowest BCUT2D eigenvalue weighted by Crippen LogP contribution is -2.27. The number of hydrogen-bond acceptors (Lipinski definition) is 11. The Bertz CT molecular complexity index is 1720. The molecule has 38 heavy (non-hydrogen) atoms. The highest BCUT2D eigenvalue weighted by Crippen LogP contribution is 2.58. The van der Waals surface area contributed by atoms with Crippen molar-refractivity contribution in [1.82, 2.24) is 34.1 Å². The summed E-state index contributed by atoms with van der Waals surface area (Å²) in [6.45, 7) is -3.82. The molecule has 17 heteroatoms. The van der Waals surface area contributed by atoms with E-state index in [-0.39, 0.29) is 41.3 Å². The van der Waals surface area contributed by atoms with Crippen LogP contribution in [0.25, 0.3) is 22.2 Å². The lowest BCUT2D eigenvalue weighted by Gasteiger charge is -2.25. The predicted molar refractivity (Wildman–Crippen MR) is 135 cm³/mol. The Labute approximate surface area is 218 Å². The number of hydrogen-bond donors (Lipinski definition) is 4. The second kappa shape index (κ2) is 8.76. The Hall–Kier alpha value is -3.01. The number of anilines is 1. The first-order valence-corrected chi connectivity index (χ1v) is 14.7. The third kappa shape index (κ3) is 3.99. The van der Waals surface area contributed by atoms with E-state index in [0.717, 1.165) is 0 Å². The Morgan fingerprint density at radius 3 is 2.82 bits per heavy atom. The highest BCUT2D eigenvalue weighted by atomic mass is 32.7. The molecule has 4 N–H and O–H groups in total. The van der Waals surface area contributed by atoms with Crippen LogP contribution >= 0.6 is 19.0 Å². The van der Waals surface area contributed by atoms with Gasteiger partial charge in [-0.25, -0.2) is 14.5 Å². The fraction of sp³-hybridized carbons (Fsp3) is 0.476. The number of thiol groups is 1. The Kier molecular flexibility index (Phi) is 5.55. The summed E-state index contributed by atoms with van der Waals surface area (Å²) in [6, 6.07) is 1.70. The van der Waals surface area contributed by atoms with Crippen molar-refractivity contribution in [2.75, 3.05) is 12.3 Å². The average Bonchev–Trinajstić information content (AvgIpc) is 3.63. The van der Waals surface area contributed by atoms with Crippen LogP contribution in [0.5, 0.6) is 0 Å². The summed E-state index contributed by atoms with van der Waals surface area (Å²) in [4.78, 5) is 42.1. The molecular weight excluding hydrogens is 539 g/mol. The molecule has 3 aliphatic heterocycles. The summed E-state index contributed by atoms with van der Waals surface area (Å²) in [5, 5.41) is 0.462. The zero-order valence-electron chi connectivity index (χ0n) is 19.7. The van der Waals surface area contributed by atoms with Gasteiger partial charge in [0.25, 0.3) is 11.1 Å². The molecule has 0 aromatic carbocycles. The van der Waals surface area contributed by atoms with Gasteiger partial charge in [0, 0.05) is 12.6 Å². The summed E-state index contributed by atoms with van der Waals surface area (Å²) >= 11 is 4.20. The van der Waals surface area contributed by atoms with E-state index in [1.807, 2.05) is 4.57 Å². The van der Waals surface area contributed by atoms with Gasteiger partial charge in [-0.15, -0.1) is 0 Å². The number of rotatable bonds is 2. The number of aromatic nitrogens is 7. The minimum absolute atomic E-state index is 0.000730. The van der Waals surface area contributed by atoms with Crippen LogP contribution in [0.3, 0.4) is 0 Å². The number of nitrogens with one attached hydrogen (secondary N) is 2. The topological polar surface area (TPSA) is 194 Å². The summed E-state index contributed by atoms with van der Waals surface area (Å²) in [6.07, 6.45) is 3.53. The first-order valence-electron chi connectivity index (χ1n) is 12.0. The van der Waals surface area contributed by atoms with Crippen LogP contribution in [-0.4, -0.2) is 59.0 Å². The summed E-state index contributed by atoms with van der Waals surface area (Å²) in [7, 11) is 0. The minimum atomic E-state index is -3.82. The maximum Gasteiger partial charge on any atom is 0.386 e. The van der Waals surface area contributed by atoms with Crippen molar-refractivity contribution in [3.8, 4) is 0 Å². The summed E-state index contributed by atoms with van der Waals surface area (Å²) in [5.74, 6) is -0.0881. The van der Waals surface area contributed by atoms with Crippen LogP contribution in [0.1, 0.15) is 31.7 Å². The maximum absolute atomic E-state index is 13.2. The van der Waals surface area contributed by atoms with Gasteiger partial charge in [0.15, 0.2) is 17.4 Å². The Balaban J connectivity index is 1.20. The van der Waals surface area contributed by atoms with E-state index in [4.69, 9.17) is 24.3 Å². The average molecular weight is 563 g/mol. The first kappa shape index (κ1) is 24.1. The lowest BCUT2D eigenvalue weighted by atomic mass is 9.93. The van der Waals surface area contributed by atoms with Crippen LogP contribution in [0.15, 0.2) is 34.5 Å². The van der Waals surface area contributed by atoms with Crippen LogP contribution in [0.2, 0.25) is 0 Å².